The Kier molecular flexibility index (Phi) is 4.75. The van der Waals surface area contributed by atoms with Gasteiger partial charge in [-0.2, -0.15) is 0 Å². The van der Waals surface area contributed by atoms with Crippen LogP contribution in [0.15, 0.2) is 21.6 Å². The Balaban J connectivity index is 1.82. The maximum absolute atomic E-state index is 11.7. The predicted molar refractivity (Wildman–Crippen MR) is 119 cm³/mol. The van der Waals surface area contributed by atoms with Gasteiger partial charge in [0.25, 0.3) is 0 Å². The van der Waals surface area contributed by atoms with Crippen molar-refractivity contribution >= 4 is 12.4 Å². The van der Waals surface area contributed by atoms with Crippen LogP contribution in [0.1, 0.15) is 101 Å². The molecule has 4 aliphatic rings. The van der Waals surface area contributed by atoms with Crippen molar-refractivity contribution in [3.8, 4) is 11.8 Å². The molecule has 0 saturated carbocycles. The molecular formula is C25H34N3O2+. The van der Waals surface area contributed by atoms with Gasteiger partial charge in [0.05, 0.1) is 29.1 Å². The summed E-state index contributed by atoms with van der Waals surface area (Å²) in [7, 11) is 0. The Morgan fingerprint density at radius 3 is 2.40 bits per heavy atom. The standard InChI is InChI=1S/C25H33N3O2/c1-5-8-16-21(18-9-6-11-26-18)23(29)28-20-14-15(2)13-17(20)25(3,4)30-24(28)22(16)19-10-7-12-27-19/h11-12,14,17-20H,5-10,13H2,1-4H3/p+1. The second-order valence-corrected chi connectivity index (χ2v) is 9.92. The van der Waals surface area contributed by atoms with Gasteiger partial charge < -0.3 is 9.84 Å². The number of fused-ring (bicyclic) bond motifs is 3. The van der Waals surface area contributed by atoms with E-state index in [1.807, 2.05) is 12.4 Å². The van der Waals surface area contributed by atoms with Gasteiger partial charge in [0.2, 0.25) is 0 Å². The average molecular weight is 409 g/mol. The van der Waals surface area contributed by atoms with Gasteiger partial charge >= 0.3 is 11.8 Å². The zero-order chi connectivity index (χ0) is 21.0. The van der Waals surface area contributed by atoms with Gasteiger partial charge in [0, 0.05) is 0 Å². The van der Waals surface area contributed by atoms with Crippen LogP contribution in [0.2, 0.25) is 0 Å². The average Bonchev–Trinajstić information content (AvgIpc) is 3.43. The lowest BCUT2D eigenvalue weighted by Gasteiger charge is -2.39. The van der Waals surface area contributed by atoms with Gasteiger partial charge in [-0.1, -0.05) is 18.9 Å². The maximum Gasteiger partial charge on any atom is 0.377 e. The van der Waals surface area contributed by atoms with Crippen LogP contribution in [0, 0.1) is 5.92 Å². The minimum Gasteiger partial charge on any atom is -0.459 e. The van der Waals surface area contributed by atoms with E-state index in [1.54, 1.807) is 0 Å². The second kappa shape index (κ2) is 7.21. The summed E-state index contributed by atoms with van der Waals surface area (Å²) in [5.74, 6) is 1.51. The topological polar surface area (TPSA) is 58.1 Å². The molecule has 1 aromatic rings. The molecular weight excluding hydrogens is 374 g/mol. The predicted octanol–water partition coefficient (Wildman–Crippen LogP) is 5.12. The summed E-state index contributed by atoms with van der Waals surface area (Å²) in [4.78, 5) is 9.61. The number of aromatic nitrogens is 1. The van der Waals surface area contributed by atoms with Crippen LogP contribution < -0.4 is 9.30 Å². The minimum atomic E-state index is -0.293. The van der Waals surface area contributed by atoms with E-state index < -0.39 is 0 Å². The Labute approximate surface area is 179 Å². The number of aliphatic imine (C=N–C) groups is 2. The van der Waals surface area contributed by atoms with Crippen molar-refractivity contribution in [1.82, 2.24) is 0 Å². The molecule has 0 radical (unpaired) electrons. The molecule has 4 atom stereocenters. The lowest BCUT2D eigenvalue weighted by atomic mass is 9.81. The number of hydrogen-bond acceptors (Lipinski definition) is 4. The lowest BCUT2D eigenvalue weighted by molar-refractivity contribution is -0.742. The minimum absolute atomic E-state index is 0.0355. The van der Waals surface area contributed by atoms with Gasteiger partial charge in [0.1, 0.15) is 5.60 Å². The number of allylic oxidation sites excluding steroid dienone is 2. The Morgan fingerprint density at radius 2 is 1.80 bits per heavy atom. The molecule has 0 spiro atoms. The van der Waals surface area contributed by atoms with Crippen LogP contribution in [0.5, 0.6) is 11.8 Å². The summed E-state index contributed by atoms with van der Waals surface area (Å²) in [5, 5.41) is 11.7. The van der Waals surface area contributed by atoms with Crippen LogP contribution in [0.4, 0.5) is 0 Å². The zero-order valence-electron chi connectivity index (χ0n) is 18.7. The van der Waals surface area contributed by atoms with Gasteiger partial charge in [-0.15, -0.1) is 4.57 Å². The van der Waals surface area contributed by atoms with E-state index in [0.717, 1.165) is 56.4 Å². The van der Waals surface area contributed by atoms with Crippen molar-refractivity contribution in [2.24, 2.45) is 15.9 Å². The fourth-order valence-corrected chi connectivity index (χ4v) is 5.99. The zero-order valence-corrected chi connectivity index (χ0v) is 18.7. The van der Waals surface area contributed by atoms with Crippen molar-refractivity contribution in [2.45, 2.75) is 96.4 Å². The van der Waals surface area contributed by atoms with Gasteiger partial charge in [-0.25, -0.2) is 0 Å². The highest BCUT2D eigenvalue weighted by molar-refractivity contribution is 5.63. The first-order valence-corrected chi connectivity index (χ1v) is 11.6. The summed E-state index contributed by atoms with van der Waals surface area (Å²) in [5.41, 5.74) is 4.53. The van der Waals surface area contributed by atoms with E-state index in [2.05, 4.69) is 38.3 Å². The first-order chi connectivity index (χ1) is 14.4. The Hall–Kier alpha value is -2.17. The molecule has 1 aliphatic carbocycles. The number of ether oxygens (including phenoxy) is 1. The van der Waals surface area contributed by atoms with Crippen molar-refractivity contribution < 1.29 is 14.4 Å². The van der Waals surface area contributed by atoms with Crippen molar-refractivity contribution in [3.63, 3.8) is 0 Å². The van der Waals surface area contributed by atoms with Crippen LogP contribution in [0.25, 0.3) is 0 Å². The molecule has 3 aliphatic heterocycles. The highest BCUT2D eigenvalue weighted by Crippen LogP contribution is 2.51. The summed E-state index contributed by atoms with van der Waals surface area (Å²) < 4.78 is 8.86. The molecule has 0 fully saturated rings. The summed E-state index contributed by atoms with van der Waals surface area (Å²) >= 11 is 0. The van der Waals surface area contributed by atoms with E-state index in [4.69, 9.17) is 14.7 Å². The molecule has 1 aromatic heterocycles. The summed E-state index contributed by atoms with van der Waals surface area (Å²) in [6.45, 7) is 8.81. The molecule has 160 valence electrons. The molecule has 4 unspecified atom stereocenters. The maximum atomic E-state index is 11.7. The van der Waals surface area contributed by atoms with Crippen LogP contribution in [0.3, 0.4) is 0 Å². The summed E-state index contributed by atoms with van der Waals surface area (Å²) in [6, 6.07) is 0.261. The fourth-order valence-electron chi connectivity index (χ4n) is 5.99. The van der Waals surface area contributed by atoms with E-state index in [9.17, 15) is 5.11 Å². The van der Waals surface area contributed by atoms with Gasteiger partial charge in [-0.05, 0) is 83.4 Å². The molecule has 0 aromatic carbocycles. The molecule has 5 nitrogen and oxygen atoms in total. The highest BCUT2D eigenvalue weighted by Gasteiger charge is 2.55. The monoisotopic (exact) mass is 408 g/mol. The van der Waals surface area contributed by atoms with Crippen molar-refractivity contribution in [1.29, 1.82) is 0 Å². The molecule has 0 saturated heterocycles. The van der Waals surface area contributed by atoms with E-state index in [0.29, 0.717) is 11.8 Å². The van der Waals surface area contributed by atoms with Crippen LogP contribution >= 0.6 is 0 Å². The molecule has 5 rings (SSSR count). The molecule has 30 heavy (non-hydrogen) atoms. The quantitative estimate of drug-likeness (QED) is 0.555. The molecule has 0 bridgehead atoms. The van der Waals surface area contributed by atoms with E-state index in [-0.39, 0.29) is 23.7 Å². The smallest absolute Gasteiger partial charge is 0.377 e. The lowest BCUT2D eigenvalue weighted by Crippen LogP contribution is -2.57. The number of hydrogen-bond donors (Lipinski definition) is 1. The van der Waals surface area contributed by atoms with Crippen molar-refractivity contribution in [2.75, 3.05) is 0 Å². The summed E-state index contributed by atoms with van der Waals surface area (Å²) in [6.07, 6.45) is 13.3. The Bertz CT molecular complexity index is 960. The fraction of sp³-hybridized carbons (Fsp3) is 0.640. The van der Waals surface area contributed by atoms with Gasteiger partial charge in [0.15, 0.2) is 6.04 Å². The van der Waals surface area contributed by atoms with Gasteiger partial charge in [-0.3, -0.25) is 9.98 Å². The molecule has 0 amide bonds. The second-order valence-electron chi connectivity index (χ2n) is 9.92. The third-order valence-electron chi connectivity index (χ3n) is 7.40. The SMILES string of the molecule is CCCc1c(C2CCC=N2)c(O)[n+]2c(c1C1CCC=N1)OC(C)(C)C1CC(C)=CC12. The normalized spacial score (nSPS) is 30.9. The highest BCUT2D eigenvalue weighted by atomic mass is 16.5. The first-order valence-electron chi connectivity index (χ1n) is 11.6. The van der Waals surface area contributed by atoms with Crippen LogP contribution in [-0.2, 0) is 6.42 Å². The number of rotatable bonds is 4. The molecule has 4 heterocycles. The third kappa shape index (κ3) is 2.92. The molecule has 5 heteroatoms. The van der Waals surface area contributed by atoms with E-state index >= 15 is 0 Å². The first kappa shape index (κ1) is 19.8. The number of pyridine rings is 1. The van der Waals surface area contributed by atoms with E-state index in [1.165, 1.54) is 16.7 Å². The third-order valence-corrected chi connectivity index (χ3v) is 7.40. The Morgan fingerprint density at radius 1 is 1.13 bits per heavy atom. The largest absolute Gasteiger partial charge is 0.459 e. The number of nitrogens with zero attached hydrogens (tertiary/aromatic N) is 3. The van der Waals surface area contributed by atoms with Crippen molar-refractivity contribution in [3.05, 3.63) is 28.3 Å². The number of aromatic hydroxyl groups is 1. The van der Waals surface area contributed by atoms with Crippen LogP contribution in [-0.4, -0.2) is 23.1 Å². The molecule has 1 N–H and O–H groups in total.